The summed E-state index contributed by atoms with van der Waals surface area (Å²) < 4.78 is 27.7. The van der Waals surface area contributed by atoms with Crippen LogP contribution in [0.25, 0.3) is 11.1 Å². The van der Waals surface area contributed by atoms with Gasteiger partial charge >= 0.3 is 0 Å². The molecule has 2 aliphatic rings. The lowest BCUT2D eigenvalue weighted by Crippen LogP contribution is -2.33. The molecule has 0 spiro atoms. The molecule has 132 valence electrons. The number of pyridine rings is 1. The van der Waals surface area contributed by atoms with E-state index >= 15 is 0 Å². The van der Waals surface area contributed by atoms with Crippen molar-refractivity contribution < 1.29 is 8.42 Å². The van der Waals surface area contributed by atoms with Crippen LogP contribution in [0.2, 0.25) is 0 Å². The number of rotatable bonds is 5. The Kier molecular flexibility index (Phi) is 4.44. The summed E-state index contributed by atoms with van der Waals surface area (Å²) in [5.41, 5.74) is 3.99. The van der Waals surface area contributed by atoms with Crippen molar-refractivity contribution >= 4 is 10.0 Å². The van der Waals surface area contributed by atoms with Crippen molar-refractivity contribution in [1.82, 2.24) is 15.0 Å². The fraction of sp³-hybridized carbons (Fsp3) is 0.150. The molecule has 0 radical (unpaired) electrons. The van der Waals surface area contributed by atoms with Crippen molar-refractivity contribution in [3.63, 3.8) is 0 Å². The fourth-order valence-corrected chi connectivity index (χ4v) is 4.16. The zero-order valence-corrected chi connectivity index (χ0v) is 14.9. The van der Waals surface area contributed by atoms with Gasteiger partial charge in [0.2, 0.25) is 0 Å². The van der Waals surface area contributed by atoms with Crippen molar-refractivity contribution in [2.75, 3.05) is 0 Å². The summed E-state index contributed by atoms with van der Waals surface area (Å²) in [6.07, 6.45) is 12.0. The molecule has 2 heterocycles. The Morgan fingerprint density at radius 3 is 2.73 bits per heavy atom. The highest BCUT2D eigenvalue weighted by Crippen LogP contribution is 2.25. The molecule has 2 N–H and O–H groups in total. The average Bonchev–Trinajstić information content (AvgIpc) is 3.13. The Morgan fingerprint density at radius 2 is 2.00 bits per heavy atom. The third-order valence-electron chi connectivity index (χ3n) is 4.52. The van der Waals surface area contributed by atoms with Crippen LogP contribution in [-0.4, -0.2) is 19.4 Å². The second-order valence-corrected chi connectivity index (χ2v) is 8.03. The van der Waals surface area contributed by atoms with Gasteiger partial charge < -0.3 is 5.32 Å². The molecule has 0 amide bonds. The van der Waals surface area contributed by atoms with Crippen LogP contribution in [0.3, 0.4) is 0 Å². The van der Waals surface area contributed by atoms with Crippen LogP contribution in [0.4, 0.5) is 0 Å². The Balaban J connectivity index is 1.43. The number of fused-ring (bicyclic) bond motifs is 1. The first-order valence-corrected chi connectivity index (χ1v) is 9.94. The van der Waals surface area contributed by atoms with Crippen LogP contribution in [0, 0.1) is 0 Å². The van der Waals surface area contributed by atoms with Crippen LogP contribution in [0.15, 0.2) is 83.7 Å². The van der Waals surface area contributed by atoms with Gasteiger partial charge in [0.25, 0.3) is 10.0 Å². The third-order valence-corrected chi connectivity index (χ3v) is 5.86. The number of sulfonamides is 1. The summed E-state index contributed by atoms with van der Waals surface area (Å²) in [5, 5.41) is 3.32. The van der Waals surface area contributed by atoms with Crippen molar-refractivity contribution in [3.05, 3.63) is 89.3 Å². The monoisotopic (exact) mass is 365 g/mol. The highest BCUT2D eigenvalue weighted by molar-refractivity contribution is 7.93. The molecule has 1 aromatic heterocycles. The van der Waals surface area contributed by atoms with E-state index in [1.165, 1.54) is 0 Å². The van der Waals surface area contributed by atoms with E-state index in [0.29, 0.717) is 0 Å². The molecular weight excluding hydrogens is 346 g/mol. The maximum atomic E-state index is 12.5. The van der Waals surface area contributed by atoms with E-state index in [-0.39, 0.29) is 17.6 Å². The maximum absolute atomic E-state index is 12.5. The molecule has 26 heavy (non-hydrogen) atoms. The van der Waals surface area contributed by atoms with Crippen molar-refractivity contribution in [3.8, 4) is 11.1 Å². The fourth-order valence-electron chi connectivity index (χ4n) is 3.06. The van der Waals surface area contributed by atoms with Gasteiger partial charge in [-0.05, 0) is 40.8 Å². The third kappa shape index (κ3) is 3.47. The predicted octanol–water partition coefficient (Wildman–Crippen LogP) is 2.87. The molecule has 1 aromatic carbocycles. The first kappa shape index (κ1) is 16.8. The molecule has 0 saturated heterocycles. The molecule has 6 heteroatoms. The standard InChI is InChI=1S/C20H19N3O2S/c24-26(25,20-12-17-4-1-2-6-19(17)23-20)22-13-15-7-9-16(10-8-15)18-5-3-11-21-14-18/h1-5,7-12,14,19,22-23H,6,13H2. The van der Waals surface area contributed by atoms with Gasteiger partial charge in [0, 0.05) is 18.9 Å². The van der Waals surface area contributed by atoms with E-state index in [1.54, 1.807) is 18.5 Å². The Labute approximate surface area is 153 Å². The second kappa shape index (κ2) is 6.90. The largest absolute Gasteiger partial charge is 0.368 e. The first-order valence-electron chi connectivity index (χ1n) is 8.46. The number of benzene rings is 1. The van der Waals surface area contributed by atoms with Crippen molar-refractivity contribution in [2.45, 2.75) is 19.0 Å². The lowest BCUT2D eigenvalue weighted by Gasteiger charge is -2.15. The van der Waals surface area contributed by atoms with Gasteiger partial charge in [0.15, 0.2) is 0 Å². The summed E-state index contributed by atoms with van der Waals surface area (Å²) in [7, 11) is -3.56. The SMILES string of the molecule is O=S(=O)(NCc1ccc(-c2cccnc2)cc1)C1=CC2=CC=CCC2N1. The summed E-state index contributed by atoms with van der Waals surface area (Å²) in [5.74, 6) is 0. The predicted molar refractivity (Wildman–Crippen MR) is 102 cm³/mol. The zero-order chi connectivity index (χ0) is 18.0. The Bertz CT molecular complexity index is 991. The smallest absolute Gasteiger partial charge is 0.255 e. The minimum Gasteiger partial charge on any atom is -0.368 e. The van der Waals surface area contributed by atoms with E-state index in [9.17, 15) is 8.42 Å². The normalized spacial score (nSPS) is 18.7. The quantitative estimate of drug-likeness (QED) is 0.855. The highest BCUT2D eigenvalue weighted by atomic mass is 32.2. The van der Waals surface area contributed by atoms with Gasteiger partial charge in [-0.15, -0.1) is 0 Å². The summed E-state index contributed by atoms with van der Waals surface area (Å²) in [6.45, 7) is 0.247. The minimum absolute atomic E-state index is 0.0605. The molecule has 2 aromatic rings. The number of hydrogen-bond acceptors (Lipinski definition) is 4. The van der Waals surface area contributed by atoms with Crippen LogP contribution in [0.5, 0.6) is 0 Å². The first-order chi connectivity index (χ1) is 12.6. The number of hydrogen-bond donors (Lipinski definition) is 2. The number of nitrogens with zero attached hydrogens (tertiary/aromatic N) is 1. The van der Waals surface area contributed by atoms with Crippen LogP contribution in [-0.2, 0) is 16.6 Å². The summed E-state index contributed by atoms with van der Waals surface area (Å²) >= 11 is 0. The van der Waals surface area contributed by atoms with E-state index in [1.807, 2.05) is 54.6 Å². The molecule has 0 saturated carbocycles. The molecule has 1 unspecified atom stereocenters. The molecule has 0 bridgehead atoms. The molecule has 5 nitrogen and oxygen atoms in total. The summed E-state index contributed by atoms with van der Waals surface area (Å²) in [6, 6.07) is 11.7. The molecule has 4 rings (SSSR count). The van der Waals surface area contributed by atoms with Gasteiger partial charge in [0.05, 0.1) is 6.04 Å². The van der Waals surface area contributed by atoms with Gasteiger partial charge in [-0.3, -0.25) is 4.98 Å². The Morgan fingerprint density at radius 1 is 1.15 bits per heavy atom. The average molecular weight is 365 g/mol. The molecular formula is C20H19N3O2S. The van der Waals surface area contributed by atoms with E-state index < -0.39 is 10.0 Å². The van der Waals surface area contributed by atoms with Gasteiger partial charge in [-0.2, -0.15) is 0 Å². The molecule has 1 aliphatic heterocycles. The number of allylic oxidation sites excluding steroid dienone is 2. The van der Waals surface area contributed by atoms with Crippen molar-refractivity contribution in [1.29, 1.82) is 0 Å². The van der Waals surface area contributed by atoms with Gasteiger partial charge in [0.1, 0.15) is 5.03 Å². The van der Waals surface area contributed by atoms with E-state index in [4.69, 9.17) is 0 Å². The minimum atomic E-state index is -3.56. The highest BCUT2D eigenvalue weighted by Gasteiger charge is 2.28. The van der Waals surface area contributed by atoms with Gasteiger partial charge in [-0.25, -0.2) is 13.1 Å². The van der Waals surface area contributed by atoms with Crippen LogP contribution >= 0.6 is 0 Å². The second-order valence-electron chi connectivity index (χ2n) is 6.30. The van der Waals surface area contributed by atoms with Crippen LogP contribution < -0.4 is 10.0 Å². The topological polar surface area (TPSA) is 71.1 Å². The van der Waals surface area contributed by atoms with E-state index in [0.717, 1.165) is 28.7 Å². The molecule has 0 fully saturated rings. The maximum Gasteiger partial charge on any atom is 0.255 e. The number of aromatic nitrogens is 1. The molecule has 1 atom stereocenters. The number of nitrogens with one attached hydrogen (secondary N) is 2. The van der Waals surface area contributed by atoms with E-state index in [2.05, 4.69) is 15.0 Å². The lowest BCUT2D eigenvalue weighted by atomic mass is 10.0. The van der Waals surface area contributed by atoms with Crippen molar-refractivity contribution in [2.24, 2.45) is 0 Å². The Hall–Kier alpha value is -2.70. The van der Waals surface area contributed by atoms with Crippen LogP contribution in [0.1, 0.15) is 12.0 Å². The molecule has 1 aliphatic carbocycles. The van der Waals surface area contributed by atoms with Gasteiger partial charge in [-0.1, -0.05) is 48.6 Å². The summed E-state index contributed by atoms with van der Waals surface area (Å²) in [4.78, 5) is 4.11. The lowest BCUT2D eigenvalue weighted by molar-refractivity contribution is 0.580. The zero-order valence-electron chi connectivity index (χ0n) is 14.1.